The lowest BCUT2D eigenvalue weighted by atomic mass is 9.95. The number of pyridine rings is 3. The molecule has 8 aromatic carbocycles. The Balaban J connectivity index is 0.927. The normalized spacial score (nSPS) is 11.3. The maximum Gasteiger partial charge on any atom is 0.164 e. The molecule has 0 bridgehead atoms. The highest BCUT2D eigenvalue weighted by molar-refractivity contribution is 6.09. The zero-order valence-electron chi connectivity index (χ0n) is 35.6. The van der Waals surface area contributed by atoms with Gasteiger partial charge in [0.2, 0.25) is 0 Å². The van der Waals surface area contributed by atoms with E-state index in [0.29, 0.717) is 17.5 Å². The summed E-state index contributed by atoms with van der Waals surface area (Å²) >= 11 is 0. The molecule has 0 radical (unpaired) electrons. The summed E-state index contributed by atoms with van der Waals surface area (Å²) in [5.41, 5.74) is 14.8. The van der Waals surface area contributed by atoms with Gasteiger partial charge in [0, 0.05) is 61.9 Å². The van der Waals surface area contributed by atoms with Gasteiger partial charge in [0.15, 0.2) is 17.5 Å². The lowest BCUT2D eigenvalue weighted by Crippen LogP contribution is -2.00. The predicted molar refractivity (Wildman–Crippen MR) is 269 cm³/mol. The van der Waals surface area contributed by atoms with Crippen molar-refractivity contribution in [3.05, 3.63) is 231 Å². The molecule has 12 rings (SSSR count). The standard InChI is InChI=1S/C60H38N6/c1-4-14-40(15-5-1)52-36-55(63-57-51(52)32-30-42-31-33-54(62-56(42)57)41-16-6-2-7-17-41)47-23-12-21-45(34-47)39-26-28-44(29-27-39)59-64-58(43-18-8-3-9-19-43)65-60(66-59)48-24-13-22-46(35-48)53-38-61-37-49-20-10-11-25-50(49)53/h1-38H. The van der Waals surface area contributed by atoms with Gasteiger partial charge in [-0.05, 0) is 57.5 Å². The Morgan fingerprint density at radius 3 is 1.55 bits per heavy atom. The zero-order valence-corrected chi connectivity index (χ0v) is 35.6. The second-order valence-electron chi connectivity index (χ2n) is 16.3. The van der Waals surface area contributed by atoms with Crippen LogP contribution in [0.5, 0.6) is 0 Å². The number of hydrogen-bond donors (Lipinski definition) is 0. The Bertz CT molecular complexity index is 3740. The Hall–Kier alpha value is -9.00. The summed E-state index contributed by atoms with van der Waals surface area (Å²) in [6.07, 6.45) is 3.83. The van der Waals surface area contributed by atoms with Crippen LogP contribution in [0.15, 0.2) is 231 Å². The van der Waals surface area contributed by atoms with E-state index in [-0.39, 0.29) is 0 Å². The molecule has 0 aliphatic heterocycles. The molecule has 6 nitrogen and oxygen atoms in total. The highest BCUT2D eigenvalue weighted by atomic mass is 15.0. The van der Waals surface area contributed by atoms with E-state index in [1.165, 1.54) is 0 Å². The van der Waals surface area contributed by atoms with Gasteiger partial charge in [0.1, 0.15) is 0 Å². The third kappa shape index (κ3) is 7.32. The van der Waals surface area contributed by atoms with Crippen LogP contribution in [0.25, 0.3) is 123 Å². The van der Waals surface area contributed by atoms with Crippen molar-refractivity contribution in [3.63, 3.8) is 0 Å². The average Bonchev–Trinajstić information content (AvgIpc) is 3.41. The van der Waals surface area contributed by atoms with Crippen LogP contribution in [0.3, 0.4) is 0 Å². The first-order valence-electron chi connectivity index (χ1n) is 22.0. The molecule has 0 atom stereocenters. The Morgan fingerprint density at radius 1 is 0.242 bits per heavy atom. The molecule has 0 unspecified atom stereocenters. The van der Waals surface area contributed by atoms with Gasteiger partial charge in [0.05, 0.1) is 22.4 Å². The van der Waals surface area contributed by atoms with Crippen LogP contribution in [0, 0.1) is 0 Å². The first kappa shape index (κ1) is 38.7. The van der Waals surface area contributed by atoms with Gasteiger partial charge in [-0.3, -0.25) is 4.98 Å². The molecule has 308 valence electrons. The molecule has 0 aliphatic carbocycles. The van der Waals surface area contributed by atoms with Crippen LogP contribution in [-0.2, 0) is 0 Å². The molecule has 4 aromatic heterocycles. The Kier molecular flexibility index (Phi) is 9.73. The maximum atomic E-state index is 5.40. The first-order chi connectivity index (χ1) is 32.7. The van der Waals surface area contributed by atoms with Crippen molar-refractivity contribution >= 4 is 32.6 Å². The number of aromatic nitrogens is 6. The van der Waals surface area contributed by atoms with E-state index in [2.05, 4.69) is 169 Å². The van der Waals surface area contributed by atoms with E-state index >= 15 is 0 Å². The van der Waals surface area contributed by atoms with Crippen LogP contribution in [0.2, 0.25) is 0 Å². The predicted octanol–water partition coefficient (Wildman–Crippen LogP) is 14.9. The van der Waals surface area contributed by atoms with E-state index in [1.807, 2.05) is 67.0 Å². The van der Waals surface area contributed by atoms with E-state index < -0.39 is 0 Å². The fourth-order valence-corrected chi connectivity index (χ4v) is 8.84. The molecule has 0 saturated carbocycles. The number of benzene rings is 8. The molecule has 0 spiro atoms. The summed E-state index contributed by atoms with van der Waals surface area (Å²) in [5.74, 6) is 1.81. The zero-order chi connectivity index (χ0) is 43.8. The molecule has 0 fully saturated rings. The van der Waals surface area contributed by atoms with Crippen molar-refractivity contribution in [2.75, 3.05) is 0 Å². The van der Waals surface area contributed by atoms with Gasteiger partial charge in [-0.1, -0.05) is 194 Å². The fourth-order valence-electron chi connectivity index (χ4n) is 8.84. The smallest absolute Gasteiger partial charge is 0.164 e. The lowest BCUT2D eigenvalue weighted by molar-refractivity contribution is 1.07. The van der Waals surface area contributed by atoms with E-state index in [1.54, 1.807) is 0 Å². The summed E-state index contributed by atoms with van der Waals surface area (Å²) in [7, 11) is 0. The molecule has 0 N–H and O–H groups in total. The molecule has 0 amide bonds. The topological polar surface area (TPSA) is 77.3 Å². The van der Waals surface area contributed by atoms with Crippen LogP contribution < -0.4 is 0 Å². The largest absolute Gasteiger partial charge is 0.263 e. The highest BCUT2D eigenvalue weighted by Gasteiger charge is 2.17. The minimum Gasteiger partial charge on any atom is -0.263 e. The van der Waals surface area contributed by atoms with Gasteiger partial charge in [-0.2, -0.15) is 0 Å². The molecule has 66 heavy (non-hydrogen) atoms. The minimum absolute atomic E-state index is 0.599. The second kappa shape index (κ2) is 16.6. The molecular formula is C60H38N6. The number of rotatable bonds is 8. The van der Waals surface area contributed by atoms with Crippen molar-refractivity contribution in [1.82, 2.24) is 29.9 Å². The number of fused-ring (bicyclic) bond motifs is 4. The minimum atomic E-state index is 0.599. The highest BCUT2D eigenvalue weighted by Crippen LogP contribution is 2.38. The van der Waals surface area contributed by atoms with Crippen molar-refractivity contribution < 1.29 is 0 Å². The molecule has 0 saturated heterocycles. The summed E-state index contributed by atoms with van der Waals surface area (Å²) in [5, 5.41) is 4.35. The Labute approximate surface area is 381 Å². The van der Waals surface area contributed by atoms with E-state index in [9.17, 15) is 0 Å². The fraction of sp³-hybridized carbons (Fsp3) is 0. The van der Waals surface area contributed by atoms with E-state index in [0.717, 1.165) is 105 Å². The van der Waals surface area contributed by atoms with Crippen LogP contribution in [-0.4, -0.2) is 29.9 Å². The van der Waals surface area contributed by atoms with Crippen LogP contribution >= 0.6 is 0 Å². The monoisotopic (exact) mass is 842 g/mol. The number of hydrogen-bond acceptors (Lipinski definition) is 6. The first-order valence-corrected chi connectivity index (χ1v) is 22.0. The maximum absolute atomic E-state index is 5.40. The molecular weight excluding hydrogens is 805 g/mol. The van der Waals surface area contributed by atoms with Crippen LogP contribution in [0.1, 0.15) is 0 Å². The van der Waals surface area contributed by atoms with E-state index in [4.69, 9.17) is 24.9 Å². The second-order valence-corrected chi connectivity index (χ2v) is 16.3. The number of nitrogens with zero attached hydrogens (tertiary/aromatic N) is 6. The van der Waals surface area contributed by atoms with Gasteiger partial charge in [0.25, 0.3) is 0 Å². The van der Waals surface area contributed by atoms with Crippen molar-refractivity contribution in [3.8, 4) is 90.1 Å². The van der Waals surface area contributed by atoms with Gasteiger partial charge in [-0.15, -0.1) is 0 Å². The summed E-state index contributed by atoms with van der Waals surface area (Å²) < 4.78 is 0. The summed E-state index contributed by atoms with van der Waals surface area (Å²) in [6, 6.07) is 75.5. The quantitative estimate of drug-likeness (QED) is 0.142. The molecule has 6 heteroatoms. The summed E-state index contributed by atoms with van der Waals surface area (Å²) in [4.78, 5) is 30.3. The van der Waals surface area contributed by atoms with Crippen molar-refractivity contribution in [2.45, 2.75) is 0 Å². The third-order valence-corrected chi connectivity index (χ3v) is 12.2. The SMILES string of the molecule is c1ccc(-c2ccc3ccc4c(-c5ccccc5)cc(-c5cccc(-c6ccc(-c7nc(-c8ccccc8)nc(-c8cccc(-c9cncc%10ccccc9%10)c8)n7)cc6)c5)nc4c3n2)cc1. The Morgan fingerprint density at radius 2 is 0.788 bits per heavy atom. The molecule has 12 aromatic rings. The average molecular weight is 843 g/mol. The molecule has 4 heterocycles. The van der Waals surface area contributed by atoms with Gasteiger partial charge in [-0.25, -0.2) is 24.9 Å². The van der Waals surface area contributed by atoms with Gasteiger partial charge >= 0.3 is 0 Å². The van der Waals surface area contributed by atoms with Crippen molar-refractivity contribution in [1.29, 1.82) is 0 Å². The van der Waals surface area contributed by atoms with Crippen molar-refractivity contribution in [2.24, 2.45) is 0 Å². The summed E-state index contributed by atoms with van der Waals surface area (Å²) in [6.45, 7) is 0. The van der Waals surface area contributed by atoms with Gasteiger partial charge < -0.3 is 0 Å². The molecule has 0 aliphatic rings. The third-order valence-electron chi connectivity index (χ3n) is 12.2. The lowest BCUT2D eigenvalue weighted by Gasteiger charge is -2.14. The van der Waals surface area contributed by atoms with Crippen LogP contribution in [0.4, 0.5) is 0 Å².